The van der Waals surface area contributed by atoms with Crippen LogP contribution in [0.5, 0.6) is 0 Å². The van der Waals surface area contributed by atoms with E-state index in [2.05, 4.69) is 22.2 Å². The number of fused-ring (bicyclic) bond motifs is 1. The van der Waals surface area contributed by atoms with Gasteiger partial charge in [-0.3, -0.25) is 4.79 Å². The zero-order chi connectivity index (χ0) is 16.6. The first-order valence-electron chi connectivity index (χ1n) is 7.90. The van der Waals surface area contributed by atoms with Gasteiger partial charge in [-0.1, -0.05) is 6.92 Å². The van der Waals surface area contributed by atoms with Crippen molar-refractivity contribution < 1.29 is 14.3 Å². The van der Waals surface area contributed by atoms with E-state index < -0.39 is 11.9 Å². The highest BCUT2D eigenvalue weighted by Crippen LogP contribution is 2.28. The van der Waals surface area contributed by atoms with Gasteiger partial charge in [-0.05, 0) is 19.4 Å². The third kappa shape index (κ3) is 3.01. The monoisotopic (exact) mass is 320 g/mol. The predicted octanol–water partition coefficient (Wildman–Crippen LogP) is 2.08. The van der Waals surface area contributed by atoms with E-state index in [0.29, 0.717) is 35.0 Å². The Morgan fingerprint density at radius 3 is 3.00 bits per heavy atom. The fourth-order valence-electron chi connectivity index (χ4n) is 3.08. The van der Waals surface area contributed by atoms with Crippen LogP contribution in [0.2, 0.25) is 0 Å². The van der Waals surface area contributed by atoms with Crippen molar-refractivity contribution in [2.75, 3.05) is 24.5 Å². The standard InChI is InChI=1S/C16H21FN4O2/c1-3-10(16(22)23)15-19-12-6-11(17)14(7-13(12)20-15)21-5-4-18-9(2)8-21/h6-7,9-10,18H,3-5,8H2,1-2H3,(H,19,20)(H,22,23). The summed E-state index contributed by atoms with van der Waals surface area (Å²) in [6.07, 6.45) is 0.430. The number of aromatic amines is 1. The minimum Gasteiger partial charge on any atom is -0.481 e. The Morgan fingerprint density at radius 2 is 2.35 bits per heavy atom. The van der Waals surface area contributed by atoms with Crippen LogP contribution in [-0.4, -0.2) is 46.7 Å². The van der Waals surface area contributed by atoms with Crippen molar-refractivity contribution in [3.05, 3.63) is 23.8 Å². The summed E-state index contributed by atoms with van der Waals surface area (Å²) in [6, 6.07) is 3.41. The van der Waals surface area contributed by atoms with E-state index in [0.717, 1.165) is 19.6 Å². The van der Waals surface area contributed by atoms with Gasteiger partial charge in [0, 0.05) is 31.7 Å². The number of aromatic nitrogens is 2. The fraction of sp³-hybridized carbons (Fsp3) is 0.500. The predicted molar refractivity (Wildman–Crippen MR) is 86.4 cm³/mol. The quantitative estimate of drug-likeness (QED) is 0.803. The summed E-state index contributed by atoms with van der Waals surface area (Å²) in [4.78, 5) is 20.6. The number of hydrogen-bond acceptors (Lipinski definition) is 4. The molecule has 2 unspecified atom stereocenters. The lowest BCUT2D eigenvalue weighted by atomic mass is 10.1. The third-order valence-corrected chi connectivity index (χ3v) is 4.31. The number of hydrogen-bond donors (Lipinski definition) is 3. The lowest BCUT2D eigenvalue weighted by Crippen LogP contribution is -2.49. The van der Waals surface area contributed by atoms with Crippen molar-refractivity contribution in [2.45, 2.75) is 32.2 Å². The lowest BCUT2D eigenvalue weighted by Gasteiger charge is -2.33. The minimum absolute atomic E-state index is 0.296. The average Bonchev–Trinajstić information content (AvgIpc) is 2.88. The molecule has 1 aliphatic heterocycles. The van der Waals surface area contributed by atoms with Gasteiger partial charge in [0.1, 0.15) is 17.6 Å². The summed E-state index contributed by atoms with van der Waals surface area (Å²) in [5.74, 6) is -1.57. The zero-order valence-electron chi connectivity index (χ0n) is 13.3. The first-order valence-corrected chi connectivity index (χ1v) is 7.90. The van der Waals surface area contributed by atoms with Crippen LogP contribution in [0.4, 0.5) is 10.1 Å². The molecule has 1 aromatic carbocycles. The maximum absolute atomic E-state index is 14.5. The number of H-pyrrole nitrogens is 1. The van der Waals surface area contributed by atoms with Crippen LogP contribution in [-0.2, 0) is 4.79 Å². The van der Waals surface area contributed by atoms with Gasteiger partial charge in [0.2, 0.25) is 0 Å². The van der Waals surface area contributed by atoms with E-state index in [1.54, 1.807) is 13.0 Å². The molecule has 1 aliphatic rings. The second-order valence-corrected chi connectivity index (χ2v) is 6.04. The topological polar surface area (TPSA) is 81.2 Å². The molecule has 0 amide bonds. The van der Waals surface area contributed by atoms with Crippen molar-refractivity contribution in [2.24, 2.45) is 0 Å². The van der Waals surface area contributed by atoms with Crippen molar-refractivity contribution in [3.8, 4) is 0 Å². The van der Waals surface area contributed by atoms with Crippen molar-refractivity contribution in [1.29, 1.82) is 0 Å². The second kappa shape index (κ2) is 6.16. The van der Waals surface area contributed by atoms with Crippen LogP contribution in [0.3, 0.4) is 0 Å². The molecule has 1 aromatic heterocycles. The molecule has 2 aromatic rings. The van der Waals surface area contributed by atoms with E-state index in [-0.39, 0.29) is 5.82 Å². The van der Waals surface area contributed by atoms with Gasteiger partial charge in [0.05, 0.1) is 16.7 Å². The van der Waals surface area contributed by atoms with E-state index >= 15 is 0 Å². The van der Waals surface area contributed by atoms with Gasteiger partial charge >= 0.3 is 5.97 Å². The number of carbonyl (C=O) groups is 1. The fourth-order valence-corrected chi connectivity index (χ4v) is 3.08. The molecule has 2 atom stereocenters. The summed E-state index contributed by atoms with van der Waals surface area (Å²) in [6.45, 7) is 6.12. The summed E-state index contributed by atoms with van der Waals surface area (Å²) in [5, 5.41) is 12.6. The molecule has 3 N–H and O–H groups in total. The van der Waals surface area contributed by atoms with Crippen LogP contribution in [0.1, 0.15) is 32.0 Å². The highest BCUT2D eigenvalue weighted by atomic mass is 19.1. The highest BCUT2D eigenvalue weighted by molar-refractivity contribution is 5.82. The Morgan fingerprint density at radius 1 is 1.57 bits per heavy atom. The van der Waals surface area contributed by atoms with E-state index in [4.69, 9.17) is 0 Å². The summed E-state index contributed by atoms with van der Waals surface area (Å²) < 4.78 is 14.5. The molecule has 7 heteroatoms. The molecule has 1 fully saturated rings. The van der Waals surface area contributed by atoms with E-state index in [1.807, 2.05) is 4.90 Å². The Hall–Kier alpha value is -2.15. The zero-order valence-corrected chi connectivity index (χ0v) is 13.3. The summed E-state index contributed by atoms with van der Waals surface area (Å²) in [7, 11) is 0. The lowest BCUT2D eigenvalue weighted by molar-refractivity contribution is -0.139. The molecule has 124 valence electrons. The largest absolute Gasteiger partial charge is 0.481 e. The van der Waals surface area contributed by atoms with Crippen LogP contribution >= 0.6 is 0 Å². The number of anilines is 1. The number of carboxylic acid groups (broad SMARTS) is 1. The number of piperazine rings is 1. The minimum atomic E-state index is -0.928. The maximum atomic E-state index is 14.5. The Labute approximate surface area is 133 Å². The van der Waals surface area contributed by atoms with Crippen LogP contribution in [0.25, 0.3) is 11.0 Å². The van der Waals surface area contributed by atoms with Gasteiger partial charge in [0.15, 0.2) is 0 Å². The van der Waals surface area contributed by atoms with Gasteiger partial charge in [-0.2, -0.15) is 0 Å². The number of benzene rings is 1. The average molecular weight is 320 g/mol. The summed E-state index contributed by atoms with van der Waals surface area (Å²) >= 11 is 0. The Kier molecular flexibility index (Phi) is 4.21. The van der Waals surface area contributed by atoms with Gasteiger partial charge in [0.25, 0.3) is 0 Å². The molecule has 6 nitrogen and oxygen atoms in total. The van der Waals surface area contributed by atoms with Crippen LogP contribution in [0, 0.1) is 5.82 Å². The van der Waals surface area contributed by atoms with E-state index in [9.17, 15) is 14.3 Å². The Balaban J connectivity index is 1.99. The molecule has 3 rings (SSSR count). The molecule has 0 aliphatic carbocycles. The molecular weight excluding hydrogens is 299 g/mol. The SMILES string of the molecule is CCC(C(=O)O)c1nc2cc(N3CCNC(C)C3)c(F)cc2[nH]1. The molecule has 0 radical (unpaired) electrons. The molecule has 1 saturated heterocycles. The number of aliphatic carboxylic acids is 1. The molecular formula is C16H21FN4O2. The van der Waals surface area contributed by atoms with Gasteiger partial charge < -0.3 is 20.3 Å². The van der Waals surface area contributed by atoms with Gasteiger partial charge in [-0.15, -0.1) is 0 Å². The molecule has 0 spiro atoms. The van der Waals surface area contributed by atoms with Crippen molar-refractivity contribution >= 4 is 22.7 Å². The number of nitrogens with zero attached hydrogens (tertiary/aromatic N) is 2. The summed E-state index contributed by atoms with van der Waals surface area (Å²) in [5.41, 5.74) is 1.65. The molecule has 23 heavy (non-hydrogen) atoms. The smallest absolute Gasteiger partial charge is 0.314 e. The molecule has 0 saturated carbocycles. The number of rotatable bonds is 4. The normalized spacial score (nSPS) is 20.0. The number of nitrogens with one attached hydrogen (secondary N) is 2. The number of halogens is 1. The number of imidazole rings is 1. The first kappa shape index (κ1) is 15.7. The second-order valence-electron chi connectivity index (χ2n) is 6.04. The van der Waals surface area contributed by atoms with Crippen molar-refractivity contribution in [3.63, 3.8) is 0 Å². The van der Waals surface area contributed by atoms with Crippen LogP contribution in [0.15, 0.2) is 12.1 Å². The van der Waals surface area contributed by atoms with E-state index in [1.165, 1.54) is 6.07 Å². The first-order chi connectivity index (χ1) is 11.0. The highest BCUT2D eigenvalue weighted by Gasteiger charge is 2.23. The van der Waals surface area contributed by atoms with Crippen LogP contribution < -0.4 is 10.2 Å². The Bertz CT molecular complexity index is 730. The maximum Gasteiger partial charge on any atom is 0.314 e. The third-order valence-electron chi connectivity index (χ3n) is 4.31. The number of carboxylic acids is 1. The van der Waals surface area contributed by atoms with Crippen molar-refractivity contribution in [1.82, 2.24) is 15.3 Å². The molecule has 0 bridgehead atoms. The molecule has 2 heterocycles. The van der Waals surface area contributed by atoms with Gasteiger partial charge in [-0.25, -0.2) is 9.37 Å².